The lowest BCUT2D eigenvalue weighted by Crippen LogP contribution is -3.00. The van der Waals surface area contributed by atoms with Gasteiger partial charge in [0, 0.05) is 24.5 Å². The van der Waals surface area contributed by atoms with Crippen LogP contribution in [-0.4, -0.2) is 17.0 Å². The molecule has 0 bridgehead atoms. The van der Waals surface area contributed by atoms with Crippen molar-refractivity contribution >= 4 is 16.7 Å². The lowest BCUT2D eigenvalue weighted by molar-refractivity contribution is -0.00000537. The van der Waals surface area contributed by atoms with Crippen LogP contribution in [0.15, 0.2) is 78.9 Å². The van der Waals surface area contributed by atoms with Gasteiger partial charge in [-0.3, -0.25) is 0 Å². The highest BCUT2D eigenvalue weighted by molar-refractivity contribution is 5.91. The quantitative estimate of drug-likeness (QED) is 0.548. The zero-order valence-corrected chi connectivity index (χ0v) is 16.2. The monoisotopic (exact) mass is 374 g/mol. The molecule has 0 saturated carbocycles. The first-order valence-electron chi connectivity index (χ1n) is 8.79. The molecule has 3 aromatic carbocycles. The first-order valence-corrected chi connectivity index (χ1v) is 8.79. The van der Waals surface area contributed by atoms with Crippen molar-refractivity contribution in [3.05, 3.63) is 90.0 Å². The second kappa shape index (κ2) is 8.19. The molecular weight excluding hydrogens is 354 g/mol. The number of nitrogens with zero attached hydrogens (tertiary/aromatic N) is 3. The predicted molar refractivity (Wildman–Crippen MR) is 108 cm³/mol. The van der Waals surface area contributed by atoms with Crippen molar-refractivity contribution in [2.75, 3.05) is 11.9 Å². The molecule has 4 heteroatoms. The molecule has 136 valence electrons. The van der Waals surface area contributed by atoms with Gasteiger partial charge < -0.3 is 17.3 Å². The summed E-state index contributed by atoms with van der Waals surface area (Å²) in [4.78, 5) is 11.9. The minimum atomic E-state index is 0. The van der Waals surface area contributed by atoms with Gasteiger partial charge in [-0.2, -0.15) is 0 Å². The average Bonchev–Trinajstić information content (AvgIpc) is 2.68. The van der Waals surface area contributed by atoms with E-state index in [-0.39, 0.29) is 12.4 Å². The van der Waals surface area contributed by atoms with Crippen LogP contribution in [0, 0.1) is 6.92 Å². The summed E-state index contributed by atoms with van der Waals surface area (Å²) in [6, 6.07) is 27.0. The smallest absolute Gasteiger partial charge is 0.162 e. The Bertz CT molecular complexity index is 1050. The molecule has 0 radical (unpaired) electrons. The second-order valence-electron chi connectivity index (χ2n) is 6.60. The van der Waals surface area contributed by atoms with Gasteiger partial charge >= 0.3 is 0 Å². The highest BCUT2D eigenvalue weighted by atomic mass is 35.5. The normalized spacial score (nSPS) is 10.4. The Kier molecular flexibility index (Phi) is 5.72. The summed E-state index contributed by atoms with van der Waals surface area (Å²) in [5.41, 5.74) is 4.48. The Labute approximate surface area is 166 Å². The molecular formula is C23H21ClN3-. The molecule has 0 fully saturated rings. The van der Waals surface area contributed by atoms with Crippen LogP contribution in [0.2, 0.25) is 0 Å². The van der Waals surface area contributed by atoms with E-state index in [1.165, 1.54) is 11.1 Å². The summed E-state index contributed by atoms with van der Waals surface area (Å²) in [6.07, 6.45) is 0. The van der Waals surface area contributed by atoms with E-state index in [4.69, 9.17) is 9.97 Å². The fraction of sp³-hybridized carbons (Fsp3) is 0.130. The lowest BCUT2D eigenvalue weighted by atomic mass is 10.1. The molecule has 4 aromatic rings. The summed E-state index contributed by atoms with van der Waals surface area (Å²) >= 11 is 0. The lowest BCUT2D eigenvalue weighted by Gasteiger charge is -2.21. The summed E-state index contributed by atoms with van der Waals surface area (Å²) in [5, 5.41) is 1.07. The van der Waals surface area contributed by atoms with E-state index >= 15 is 0 Å². The van der Waals surface area contributed by atoms with E-state index in [0.29, 0.717) is 0 Å². The minimum absolute atomic E-state index is 0. The maximum atomic E-state index is 4.92. The summed E-state index contributed by atoms with van der Waals surface area (Å²) < 4.78 is 0. The zero-order chi connectivity index (χ0) is 17.9. The molecule has 3 nitrogen and oxygen atoms in total. The molecule has 0 aliphatic carbocycles. The van der Waals surface area contributed by atoms with Gasteiger partial charge in [-0.15, -0.1) is 0 Å². The summed E-state index contributed by atoms with van der Waals surface area (Å²) in [6.45, 7) is 2.89. The summed E-state index contributed by atoms with van der Waals surface area (Å²) in [7, 11) is 2.09. The van der Waals surface area contributed by atoms with E-state index in [2.05, 4.69) is 79.5 Å². The SMILES string of the molecule is Cc1cccc(-c2nc(N(C)Cc3ccccc3)c3ccccc3n2)c1.[Cl-]. The van der Waals surface area contributed by atoms with Crippen molar-refractivity contribution in [3.63, 3.8) is 0 Å². The molecule has 0 spiro atoms. The molecule has 0 amide bonds. The molecule has 0 aliphatic rings. The van der Waals surface area contributed by atoms with Crippen molar-refractivity contribution in [2.24, 2.45) is 0 Å². The number of hydrogen-bond acceptors (Lipinski definition) is 3. The molecule has 0 unspecified atom stereocenters. The van der Waals surface area contributed by atoms with E-state index in [1.807, 2.05) is 18.2 Å². The maximum Gasteiger partial charge on any atom is 0.162 e. The molecule has 1 heterocycles. The third kappa shape index (κ3) is 4.09. The molecule has 4 rings (SSSR count). The Morgan fingerprint density at radius 2 is 1.56 bits per heavy atom. The van der Waals surface area contributed by atoms with E-state index in [0.717, 1.165) is 34.7 Å². The first kappa shape index (κ1) is 18.9. The Morgan fingerprint density at radius 1 is 0.815 bits per heavy atom. The van der Waals surface area contributed by atoms with Crippen LogP contribution >= 0.6 is 0 Å². The van der Waals surface area contributed by atoms with Crippen LogP contribution in [0.25, 0.3) is 22.3 Å². The van der Waals surface area contributed by atoms with Gasteiger partial charge in [-0.1, -0.05) is 66.2 Å². The first-order chi connectivity index (χ1) is 12.7. The highest BCUT2D eigenvalue weighted by Gasteiger charge is 2.13. The Balaban J connectivity index is 0.00000210. The molecule has 0 aliphatic heterocycles. The fourth-order valence-electron chi connectivity index (χ4n) is 3.20. The van der Waals surface area contributed by atoms with Crippen molar-refractivity contribution in [2.45, 2.75) is 13.5 Å². The minimum Gasteiger partial charge on any atom is -1.00 e. The van der Waals surface area contributed by atoms with Gasteiger partial charge in [-0.05, 0) is 30.7 Å². The van der Waals surface area contributed by atoms with E-state index in [1.54, 1.807) is 0 Å². The van der Waals surface area contributed by atoms with E-state index in [9.17, 15) is 0 Å². The highest BCUT2D eigenvalue weighted by Crippen LogP contribution is 2.28. The van der Waals surface area contributed by atoms with E-state index < -0.39 is 0 Å². The van der Waals surface area contributed by atoms with Gasteiger partial charge in [0.2, 0.25) is 0 Å². The maximum absolute atomic E-state index is 4.92. The van der Waals surface area contributed by atoms with Crippen molar-refractivity contribution < 1.29 is 12.4 Å². The number of aryl methyl sites for hydroxylation is 1. The average molecular weight is 375 g/mol. The van der Waals surface area contributed by atoms with Crippen LogP contribution in [-0.2, 0) is 6.54 Å². The number of para-hydroxylation sites is 1. The molecule has 0 saturated heterocycles. The third-order valence-electron chi connectivity index (χ3n) is 4.48. The van der Waals surface area contributed by atoms with Crippen molar-refractivity contribution in [1.29, 1.82) is 0 Å². The number of fused-ring (bicyclic) bond motifs is 1. The number of rotatable bonds is 4. The summed E-state index contributed by atoms with van der Waals surface area (Å²) in [5.74, 6) is 1.72. The molecule has 27 heavy (non-hydrogen) atoms. The van der Waals surface area contributed by atoms with Gasteiger partial charge in [0.25, 0.3) is 0 Å². The molecule has 0 atom stereocenters. The Morgan fingerprint density at radius 3 is 2.33 bits per heavy atom. The van der Waals surface area contributed by atoms with Crippen LogP contribution in [0.1, 0.15) is 11.1 Å². The van der Waals surface area contributed by atoms with Crippen molar-refractivity contribution in [1.82, 2.24) is 9.97 Å². The van der Waals surface area contributed by atoms with Crippen LogP contribution in [0.5, 0.6) is 0 Å². The fourth-order valence-corrected chi connectivity index (χ4v) is 3.20. The van der Waals surface area contributed by atoms with Crippen LogP contribution in [0.4, 0.5) is 5.82 Å². The number of anilines is 1. The number of aromatic nitrogens is 2. The van der Waals surface area contributed by atoms with Gasteiger partial charge in [-0.25, -0.2) is 9.97 Å². The standard InChI is InChI=1S/C23H21N3.ClH/c1-17-9-8-12-19(15-17)22-24-21-14-7-6-13-20(21)23(25-22)26(2)16-18-10-4-3-5-11-18;/h3-15H,16H2,1-2H3;1H/p-1. The van der Waals surface area contributed by atoms with Crippen LogP contribution in [0.3, 0.4) is 0 Å². The molecule has 0 N–H and O–H groups in total. The number of benzene rings is 3. The molecule has 1 aromatic heterocycles. The number of halogens is 1. The Hall–Kier alpha value is -2.91. The second-order valence-corrected chi connectivity index (χ2v) is 6.60. The third-order valence-corrected chi connectivity index (χ3v) is 4.48. The van der Waals surface area contributed by atoms with Gasteiger partial charge in [0.05, 0.1) is 5.52 Å². The number of hydrogen-bond donors (Lipinski definition) is 0. The van der Waals surface area contributed by atoms with Gasteiger partial charge in [0.1, 0.15) is 5.82 Å². The topological polar surface area (TPSA) is 29.0 Å². The van der Waals surface area contributed by atoms with Gasteiger partial charge in [0.15, 0.2) is 5.82 Å². The largest absolute Gasteiger partial charge is 1.00 e. The van der Waals surface area contributed by atoms with Crippen molar-refractivity contribution in [3.8, 4) is 11.4 Å². The zero-order valence-electron chi connectivity index (χ0n) is 15.4. The predicted octanol–water partition coefficient (Wildman–Crippen LogP) is 2.25. The van der Waals surface area contributed by atoms with Crippen LogP contribution < -0.4 is 17.3 Å².